The fourth-order valence-corrected chi connectivity index (χ4v) is 8.19. The molecule has 0 aliphatic rings. The van der Waals surface area contributed by atoms with Gasteiger partial charge in [0.25, 0.3) is 0 Å². The molecule has 374 valence electrons. The van der Waals surface area contributed by atoms with Gasteiger partial charge in [-0.25, -0.2) is 4.57 Å². The third-order valence-corrected chi connectivity index (χ3v) is 12.7. The molecule has 0 aliphatic heterocycles. The largest absolute Gasteiger partial charge is 0.472 e. The van der Waals surface area contributed by atoms with Crippen LogP contribution in [0.1, 0.15) is 232 Å². The average molecular weight is 920 g/mol. The number of unbranched alkanes of at least 4 members (excludes halogenated alkanes) is 27. The van der Waals surface area contributed by atoms with Gasteiger partial charge in [0, 0.05) is 6.42 Å². The highest BCUT2D eigenvalue weighted by molar-refractivity contribution is 7.47. The normalized spacial score (nSPS) is 14.5. The van der Waals surface area contributed by atoms with Gasteiger partial charge in [-0.2, -0.15) is 0 Å². The summed E-state index contributed by atoms with van der Waals surface area (Å²) in [6.07, 6.45) is 61.7. The number of rotatable bonds is 48. The average Bonchev–Trinajstić information content (AvgIpc) is 3.25. The van der Waals surface area contributed by atoms with Gasteiger partial charge in [-0.05, 0) is 77.0 Å². The Labute approximate surface area is 396 Å². The van der Waals surface area contributed by atoms with Crippen molar-refractivity contribution < 1.29 is 32.9 Å². The number of allylic oxidation sites excluding steroid dienone is 9. The Morgan fingerprint density at radius 3 is 1.34 bits per heavy atom. The molecule has 8 nitrogen and oxygen atoms in total. The number of phosphoric acid groups is 1. The molecule has 0 bridgehead atoms. The van der Waals surface area contributed by atoms with Crippen molar-refractivity contribution in [2.75, 3.05) is 40.9 Å². The molecule has 0 saturated carbocycles. The maximum Gasteiger partial charge on any atom is 0.472 e. The molecule has 0 aliphatic carbocycles. The zero-order valence-corrected chi connectivity index (χ0v) is 43.4. The number of carbonyl (C=O) groups is 1. The van der Waals surface area contributed by atoms with Crippen LogP contribution in [0.5, 0.6) is 0 Å². The second-order valence-electron chi connectivity index (χ2n) is 19.2. The minimum absolute atomic E-state index is 0.0523. The predicted octanol–water partition coefficient (Wildman–Crippen LogP) is 15.8. The maximum absolute atomic E-state index is 12.9. The summed E-state index contributed by atoms with van der Waals surface area (Å²) in [4.78, 5) is 23.2. The molecule has 9 heteroatoms. The highest BCUT2D eigenvalue weighted by Crippen LogP contribution is 2.43. The monoisotopic (exact) mass is 920 g/mol. The lowest BCUT2D eigenvalue weighted by Crippen LogP contribution is -2.45. The van der Waals surface area contributed by atoms with Crippen molar-refractivity contribution in [3.63, 3.8) is 0 Å². The standard InChI is InChI=1S/C55H103N2O6P/c1-6-8-10-12-14-16-18-20-22-23-24-25-26-27-28-29-30-31-32-33-35-37-39-41-43-45-47-49-55(59)56-53(52-63-64(60,61)62-51-50-57(3,4)5)54(58)48-46-44-42-40-38-36-34-21-19-17-15-13-11-9-7-2/h18-21,23-24,38,40,46,48,53-54,58H,6-17,22,25-37,39,41-45,47,49-52H2,1-5H3,(H-,56,59,60,61)/p+1/b20-18-,21-19+,24-23-,40-38+,48-46+. The van der Waals surface area contributed by atoms with Crippen molar-refractivity contribution in [2.24, 2.45) is 0 Å². The van der Waals surface area contributed by atoms with Gasteiger partial charge in [0.2, 0.25) is 5.91 Å². The quantitative estimate of drug-likeness (QED) is 0.0243. The van der Waals surface area contributed by atoms with Gasteiger partial charge >= 0.3 is 7.82 Å². The van der Waals surface area contributed by atoms with Crippen LogP contribution in [-0.4, -0.2) is 73.4 Å². The maximum atomic E-state index is 12.9. The van der Waals surface area contributed by atoms with Gasteiger partial charge < -0.3 is 19.8 Å². The lowest BCUT2D eigenvalue weighted by Gasteiger charge is -2.25. The fourth-order valence-electron chi connectivity index (χ4n) is 7.46. The summed E-state index contributed by atoms with van der Waals surface area (Å²) in [6, 6.07) is -0.870. The van der Waals surface area contributed by atoms with Gasteiger partial charge in [-0.1, -0.05) is 209 Å². The Balaban J connectivity index is 4.23. The predicted molar refractivity (Wildman–Crippen MR) is 277 cm³/mol. The van der Waals surface area contributed by atoms with E-state index in [1.165, 1.54) is 161 Å². The van der Waals surface area contributed by atoms with Crippen molar-refractivity contribution >= 4 is 13.7 Å². The number of nitrogens with zero attached hydrogens (tertiary/aromatic N) is 1. The third-order valence-electron chi connectivity index (χ3n) is 11.7. The van der Waals surface area contributed by atoms with Gasteiger partial charge in [-0.3, -0.25) is 13.8 Å². The number of aliphatic hydroxyl groups is 1. The van der Waals surface area contributed by atoms with Crippen LogP contribution in [0.2, 0.25) is 0 Å². The summed E-state index contributed by atoms with van der Waals surface area (Å²) in [5.41, 5.74) is 0. The number of hydrogen-bond acceptors (Lipinski definition) is 5. The Hall–Kier alpha value is -1.80. The van der Waals surface area contributed by atoms with E-state index in [-0.39, 0.29) is 19.1 Å². The van der Waals surface area contributed by atoms with E-state index in [4.69, 9.17) is 9.05 Å². The summed E-state index contributed by atoms with van der Waals surface area (Å²) in [6.45, 7) is 4.76. The van der Waals surface area contributed by atoms with Crippen LogP contribution in [-0.2, 0) is 18.4 Å². The molecule has 0 heterocycles. The number of phosphoric ester groups is 1. The Morgan fingerprint density at radius 2 is 0.906 bits per heavy atom. The molecular weight excluding hydrogens is 816 g/mol. The van der Waals surface area contributed by atoms with E-state index in [1.54, 1.807) is 6.08 Å². The molecule has 0 radical (unpaired) electrons. The zero-order valence-electron chi connectivity index (χ0n) is 42.5. The molecule has 3 unspecified atom stereocenters. The molecule has 1 amide bonds. The lowest BCUT2D eigenvalue weighted by molar-refractivity contribution is -0.870. The van der Waals surface area contributed by atoms with Gasteiger partial charge in [0.05, 0.1) is 39.9 Å². The number of quaternary nitrogens is 1. The van der Waals surface area contributed by atoms with E-state index in [9.17, 15) is 19.4 Å². The van der Waals surface area contributed by atoms with Crippen molar-refractivity contribution in [1.82, 2.24) is 5.32 Å². The first-order valence-corrected chi connectivity index (χ1v) is 28.2. The van der Waals surface area contributed by atoms with Crippen LogP contribution in [0.25, 0.3) is 0 Å². The Morgan fingerprint density at radius 1 is 0.531 bits per heavy atom. The van der Waals surface area contributed by atoms with Crippen LogP contribution in [0.4, 0.5) is 0 Å². The number of hydrogen-bond donors (Lipinski definition) is 3. The second kappa shape index (κ2) is 46.3. The van der Waals surface area contributed by atoms with E-state index in [2.05, 4.69) is 67.8 Å². The number of likely N-dealkylation sites (N-methyl/N-ethyl adjacent to an activating group) is 1. The smallest absolute Gasteiger partial charge is 0.387 e. The Kier molecular flexibility index (Phi) is 45.0. The first kappa shape index (κ1) is 62.2. The molecule has 3 N–H and O–H groups in total. The highest BCUT2D eigenvalue weighted by Gasteiger charge is 2.27. The summed E-state index contributed by atoms with van der Waals surface area (Å²) < 4.78 is 23.6. The van der Waals surface area contributed by atoms with Crippen LogP contribution >= 0.6 is 7.82 Å². The molecule has 0 aromatic heterocycles. The van der Waals surface area contributed by atoms with Crippen molar-refractivity contribution in [1.29, 1.82) is 0 Å². The lowest BCUT2D eigenvalue weighted by atomic mass is 10.0. The highest BCUT2D eigenvalue weighted by atomic mass is 31.2. The molecule has 64 heavy (non-hydrogen) atoms. The summed E-state index contributed by atoms with van der Waals surface area (Å²) in [5, 5.41) is 13.9. The van der Waals surface area contributed by atoms with E-state index < -0.39 is 20.0 Å². The number of nitrogens with one attached hydrogen (secondary N) is 1. The van der Waals surface area contributed by atoms with Crippen molar-refractivity contribution in [2.45, 2.75) is 244 Å². The molecule has 0 fully saturated rings. The topological polar surface area (TPSA) is 105 Å². The van der Waals surface area contributed by atoms with Crippen molar-refractivity contribution in [3.8, 4) is 0 Å². The van der Waals surface area contributed by atoms with E-state index in [0.29, 0.717) is 17.4 Å². The summed E-state index contributed by atoms with van der Waals surface area (Å²) in [5.74, 6) is -0.192. The molecule has 0 saturated heterocycles. The molecule has 0 aromatic rings. The SMILES string of the molecule is CCCCCCC/C=C\C/C=C\CCCCCCCCCCCCCCCCCC(=O)NC(COP(=O)(O)OCC[N+](C)(C)C)C(O)/C=C/CC/C=C/CC/C=C/CCCCCCC. The molecule has 0 spiro atoms. The second-order valence-corrected chi connectivity index (χ2v) is 20.7. The minimum atomic E-state index is -4.35. The number of amides is 1. The summed E-state index contributed by atoms with van der Waals surface area (Å²) in [7, 11) is 1.54. The van der Waals surface area contributed by atoms with Crippen LogP contribution in [0.3, 0.4) is 0 Å². The zero-order chi connectivity index (χ0) is 47.1. The number of carbonyl (C=O) groups excluding carboxylic acids is 1. The summed E-state index contributed by atoms with van der Waals surface area (Å²) >= 11 is 0. The van der Waals surface area contributed by atoms with Gasteiger partial charge in [0.15, 0.2) is 0 Å². The minimum Gasteiger partial charge on any atom is -0.387 e. The fraction of sp³-hybridized carbons (Fsp3) is 0.800. The Bertz CT molecular complexity index is 1230. The van der Waals surface area contributed by atoms with Gasteiger partial charge in [0.1, 0.15) is 13.2 Å². The first-order valence-electron chi connectivity index (χ1n) is 26.7. The van der Waals surface area contributed by atoms with Crippen LogP contribution in [0, 0.1) is 0 Å². The number of aliphatic hydroxyl groups excluding tert-OH is 1. The van der Waals surface area contributed by atoms with E-state index in [1.807, 2.05) is 27.2 Å². The van der Waals surface area contributed by atoms with Crippen LogP contribution in [0.15, 0.2) is 60.8 Å². The molecule has 3 atom stereocenters. The van der Waals surface area contributed by atoms with Crippen LogP contribution < -0.4 is 5.32 Å². The molecule has 0 aromatic carbocycles. The van der Waals surface area contributed by atoms with Crippen molar-refractivity contribution in [3.05, 3.63) is 60.8 Å². The molecule has 0 rings (SSSR count). The first-order chi connectivity index (χ1) is 31.0. The van der Waals surface area contributed by atoms with Gasteiger partial charge in [-0.15, -0.1) is 0 Å². The molecular formula is C55H104N2O6P+. The van der Waals surface area contributed by atoms with E-state index >= 15 is 0 Å². The third kappa shape index (κ3) is 48.1. The van der Waals surface area contributed by atoms with E-state index in [0.717, 1.165) is 51.4 Å².